The van der Waals surface area contributed by atoms with Crippen LogP contribution in [0.5, 0.6) is 0 Å². The summed E-state index contributed by atoms with van der Waals surface area (Å²) in [5.41, 5.74) is 0. The molecule has 0 aliphatic carbocycles. The molecule has 1 aromatic carbocycles. The monoisotopic (exact) mass is 326 g/mol. The van der Waals surface area contributed by atoms with Gasteiger partial charge in [0.2, 0.25) is 5.91 Å². The van der Waals surface area contributed by atoms with E-state index in [-0.39, 0.29) is 11.2 Å². The molecule has 0 radical (unpaired) electrons. The zero-order valence-electron chi connectivity index (χ0n) is 10.6. The van der Waals surface area contributed by atoms with E-state index in [1.807, 2.05) is 25.1 Å². The molecule has 1 N–H and O–H groups in total. The van der Waals surface area contributed by atoms with Crippen LogP contribution in [0.15, 0.2) is 47.5 Å². The van der Waals surface area contributed by atoms with Gasteiger partial charge in [-0.15, -0.1) is 11.8 Å². The van der Waals surface area contributed by atoms with Crippen molar-refractivity contribution in [2.24, 2.45) is 0 Å². The van der Waals surface area contributed by atoms with Crippen molar-refractivity contribution in [1.82, 2.24) is 4.98 Å². The second kappa shape index (κ2) is 6.97. The Morgan fingerprint density at radius 2 is 2.00 bits per heavy atom. The summed E-state index contributed by atoms with van der Waals surface area (Å²) in [7, 11) is 0. The van der Waals surface area contributed by atoms with Gasteiger partial charge in [-0.25, -0.2) is 4.98 Å². The summed E-state index contributed by atoms with van der Waals surface area (Å²) < 4.78 is 0. The van der Waals surface area contributed by atoms with E-state index < -0.39 is 0 Å². The van der Waals surface area contributed by atoms with Crippen molar-refractivity contribution in [3.8, 4) is 0 Å². The number of hydrogen-bond donors (Lipinski definition) is 1. The van der Waals surface area contributed by atoms with E-state index in [4.69, 9.17) is 23.2 Å². The third-order valence-corrected chi connectivity index (χ3v) is 4.33. The molecule has 0 fully saturated rings. The van der Waals surface area contributed by atoms with Gasteiger partial charge >= 0.3 is 0 Å². The van der Waals surface area contributed by atoms with Gasteiger partial charge in [0.15, 0.2) is 0 Å². The fourth-order valence-corrected chi connectivity index (χ4v) is 2.73. The van der Waals surface area contributed by atoms with Gasteiger partial charge in [0, 0.05) is 11.1 Å². The molecule has 1 heterocycles. The van der Waals surface area contributed by atoms with E-state index in [0.29, 0.717) is 15.9 Å². The SMILES string of the molecule is C[C@@H](Sc1ccccc1Cl)C(=O)Nc1ccc(Cl)cn1. The van der Waals surface area contributed by atoms with Crippen molar-refractivity contribution in [3.63, 3.8) is 0 Å². The molecule has 0 bridgehead atoms. The molecule has 0 saturated heterocycles. The normalized spacial score (nSPS) is 11.9. The Labute approximate surface area is 131 Å². The second-order valence-corrected chi connectivity index (χ2v) is 6.27. The zero-order valence-corrected chi connectivity index (χ0v) is 13.0. The van der Waals surface area contributed by atoms with Gasteiger partial charge in [-0.3, -0.25) is 4.79 Å². The van der Waals surface area contributed by atoms with E-state index in [1.54, 1.807) is 18.2 Å². The molecule has 0 aliphatic heterocycles. The van der Waals surface area contributed by atoms with Crippen molar-refractivity contribution in [3.05, 3.63) is 52.6 Å². The smallest absolute Gasteiger partial charge is 0.238 e. The Hall–Kier alpha value is -1.23. The summed E-state index contributed by atoms with van der Waals surface area (Å²) in [6.45, 7) is 1.82. The molecule has 6 heteroatoms. The van der Waals surface area contributed by atoms with Gasteiger partial charge in [0.1, 0.15) is 5.82 Å². The Morgan fingerprint density at radius 3 is 2.65 bits per heavy atom. The zero-order chi connectivity index (χ0) is 14.5. The minimum atomic E-state index is -0.285. The molecule has 2 aromatic rings. The average molecular weight is 327 g/mol. The van der Waals surface area contributed by atoms with Crippen LogP contribution >= 0.6 is 35.0 Å². The van der Waals surface area contributed by atoms with Gasteiger partial charge in [-0.05, 0) is 31.2 Å². The van der Waals surface area contributed by atoms with Crippen molar-refractivity contribution < 1.29 is 4.79 Å². The molecule has 1 aromatic heterocycles. The molecule has 0 aliphatic rings. The number of hydrogen-bond acceptors (Lipinski definition) is 3. The van der Waals surface area contributed by atoms with E-state index >= 15 is 0 Å². The minimum absolute atomic E-state index is 0.134. The Morgan fingerprint density at radius 1 is 1.25 bits per heavy atom. The van der Waals surface area contributed by atoms with Crippen LogP contribution in [-0.2, 0) is 4.79 Å². The van der Waals surface area contributed by atoms with Gasteiger partial charge in [0.05, 0.1) is 15.3 Å². The lowest BCUT2D eigenvalue weighted by atomic mass is 10.4. The topological polar surface area (TPSA) is 42.0 Å². The predicted molar refractivity (Wildman–Crippen MR) is 84.6 cm³/mol. The molecular formula is C14H12Cl2N2OS. The number of halogens is 2. The number of pyridine rings is 1. The molecule has 0 saturated carbocycles. The lowest BCUT2D eigenvalue weighted by Gasteiger charge is -2.12. The van der Waals surface area contributed by atoms with E-state index in [2.05, 4.69) is 10.3 Å². The summed E-state index contributed by atoms with van der Waals surface area (Å²) in [6, 6.07) is 10.8. The number of nitrogens with one attached hydrogen (secondary N) is 1. The first-order chi connectivity index (χ1) is 9.56. The molecule has 3 nitrogen and oxygen atoms in total. The number of rotatable bonds is 4. The largest absolute Gasteiger partial charge is 0.310 e. The van der Waals surface area contributed by atoms with Crippen LogP contribution in [0.1, 0.15) is 6.92 Å². The summed E-state index contributed by atoms with van der Waals surface area (Å²) in [6.07, 6.45) is 1.49. The second-order valence-electron chi connectivity index (χ2n) is 4.04. The highest BCUT2D eigenvalue weighted by Crippen LogP contribution is 2.30. The number of thioether (sulfide) groups is 1. The maximum absolute atomic E-state index is 12.1. The fourth-order valence-electron chi connectivity index (χ4n) is 1.46. The van der Waals surface area contributed by atoms with Crippen LogP contribution in [-0.4, -0.2) is 16.1 Å². The Balaban J connectivity index is 1.99. The highest BCUT2D eigenvalue weighted by atomic mass is 35.5. The summed E-state index contributed by atoms with van der Waals surface area (Å²) in [5.74, 6) is 0.343. The van der Waals surface area contributed by atoms with Crippen molar-refractivity contribution in [1.29, 1.82) is 0 Å². The van der Waals surface area contributed by atoms with Crippen LogP contribution in [0.25, 0.3) is 0 Å². The number of aromatic nitrogens is 1. The number of carbonyl (C=O) groups is 1. The van der Waals surface area contributed by atoms with E-state index in [0.717, 1.165) is 4.90 Å². The lowest BCUT2D eigenvalue weighted by molar-refractivity contribution is -0.115. The number of benzene rings is 1. The van der Waals surface area contributed by atoms with Crippen LogP contribution in [0.2, 0.25) is 10.0 Å². The number of amides is 1. The number of carbonyl (C=O) groups excluding carboxylic acids is 1. The average Bonchev–Trinajstić information content (AvgIpc) is 2.44. The van der Waals surface area contributed by atoms with Crippen molar-refractivity contribution in [2.45, 2.75) is 17.1 Å². The highest BCUT2D eigenvalue weighted by Gasteiger charge is 2.16. The van der Waals surface area contributed by atoms with Crippen molar-refractivity contribution >= 4 is 46.7 Å². The maximum Gasteiger partial charge on any atom is 0.238 e. The van der Waals surface area contributed by atoms with Crippen molar-refractivity contribution in [2.75, 3.05) is 5.32 Å². The quantitative estimate of drug-likeness (QED) is 0.840. The summed E-state index contributed by atoms with van der Waals surface area (Å²) >= 11 is 13.2. The molecule has 0 spiro atoms. The van der Waals surface area contributed by atoms with Crippen LogP contribution in [0.3, 0.4) is 0 Å². The summed E-state index contributed by atoms with van der Waals surface area (Å²) in [4.78, 5) is 17.0. The predicted octanol–water partition coefficient (Wildman–Crippen LogP) is 4.51. The first-order valence-electron chi connectivity index (χ1n) is 5.90. The molecule has 1 amide bonds. The first kappa shape index (κ1) is 15.2. The molecular weight excluding hydrogens is 315 g/mol. The minimum Gasteiger partial charge on any atom is -0.310 e. The third-order valence-electron chi connectivity index (χ3n) is 2.49. The maximum atomic E-state index is 12.1. The summed E-state index contributed by atoms with van der Waals surface area (Å²) in [5, 5.41) is 3.62. The van der Waals surface area contributed by atoms with Gasteiger partial charge in [-0.2, -0.15) is 0 Å². The lowest BCUT2D eigenvalue weighted by Crippen LogP contribution is -2.22. The molecule has 20 heavy (non-hydrogen) atoms. The number of anilines is 1. The molecule has 2 rings (SSSR count). The first-order valence-corrected chi connectivity index (χ1v) is 7.53. The van der Waals surface area contributed by atoms with E-state index in [1.165, 1.54) is 18.0 Å². The molecule has 0 unspecified atom stereocenters. The van der Waals surface area contributed by atoms with Gasteiger partial charge in [0.25, 0.3) is 0 Å². The van der Waals surface area contributed by atoms with Gasteiger partial charge in [-0.1, -0.05) is 35.3 Å². The van der Waals surface area contributed by atoms with Crippen LogP contribution in [0, 0.1) is 0 Å². The fraction of sp³-hybridized carbons (Fsp3) is 0.143. The molecule has 1 atom stereocenters. The molecule has 104 valence electrons. The Kier molecular flexibility index (Phi) is 5.29. The number of nitrogens with zero attached hydrogens (tertiary/aromatic N) is 1. The van der Waals surface area contributed by atoms with Gasteiger partial charge < -0.3 is 5.32 Å². The standard InChI is InChI=1S/C14H12Cl2N2OS/c1-9(20-12-5-3-2-4-11(12)16)14(19)18-13-7-6-10(15)8-17-13/h2-9H,1H3,(H,17,18,19)/t9-/m1/s1. The third kappa shape index (κ3) is 4.13. The van der Waals surface area contributed by atoms with E-state index in [9.17, 15) is 4.79 Å². The highest BCUT2D eigenvalue weighted by molar-refractivity contribution is 8.00. The van der Waals surface area contributed by atoms with Crippen LogP contribution < -0.4 is 5.32 Å². The van der Waals surface area contributed by atoms with Crippen LogP contribution in [0.4, 0.5) is 5.82 Å². The Bertz CT molecular complexity index is 604.